The van der Waals surface area contributed by atoms with Crippen LogP contribution in [0.25, 0.3) is 0 Å². The maximum atomic E-state index is 13.8. The third-order valence-corrected chi connectivity index (χ3v) is 3.65. The van der Waals surface area contributed by atoms with Crippen LogP contribution in [0.15, 0.2) is 46.9 Å². The predicted octanol–water partition coefficient (Wildman–Crippen LogP) is 5.04. The van der Waals surface area contributed by atoms with Crippen LogP contribution < -0.4 is 10.1 Å². The van der Waals surface area contributed by atoms with Gasteiger partial charge in [-0.1, -0.05) is 40.5 Å². The average Bonchev–Trinajstić information content (AvgIpc) is 2.47. The molecule has 1 N–H and O–H groups in total. The van der Waals surface area contributed by atoms with E-state index in [2.05, 4.69) is 21.2 Å². The minimum Gasteiger partial charge on any atom is -0.481 e. The lowest BCUT2D eigenvalue weighted by molar-refractivity contribution is -0.122. The van der Waals surface area contributed by atoms with Gasteiger partial charge in [-0.3, -0.25) is 4.79 Å². The Morgan fingerprint density at radius 1 is 1.36 bits per heavy atom. The van der Waals surface area contributed by atoms with E-state index in [9.17, 15) is 9.18 Å². The van der Waals surface area contributed by atoms with E-state index in [0.29, 0.717) is 21.7 Å². The number of rotatable bonds is 5. The second-order valence-corrected chi connectivity index (χ2v) is 5.94. The van der Waals surface area contributed by atoms with Crippen molar-refractivity contribution in [2.45, 2.75) is 19.4 Å². The minimum absolute atomic E-state index is 0.112. The summed E-state index contributed by atoms with van der Waals surface area (Å²) in [7, 11) is 0. The summed E-state index contributed by atoms with van der Waals surface area (Å²) < 4.78 is 20.0. The van der Waals surface area contributed by atoms with Gasteiger partial charge in [-0.05, 0) is 42.8 Å². The number of nitrogens with one attached hydrogen (secondary N) is 1. The Bertz CT molecular complexity index is 681. The van der Waals surface area contributed by atoms with Crippen LogP contribution in [0.4, 0.5) is 10.1 Å². The number of ether oxygens (including phenoxy) is 1. The predicted molar refractivity (Wildman–Crippen MR) is 88.9 cm³/mol. The summed E-state index contributed by atoms with van der Waals surface area (Å²) in [4.78, 5) is 12.2. The Labute approximate surface area is 141 Å². The summed E-state index contributed by atoms with van der Waals surface area (Å²) in [6.45, 7) is 1.81. The molecule has 1 atom stereocenters. The summed E-state index contributed by atoms with van der Waals surface area (Å²) >= 11 is 9.05. The summed E-state index contributed by atoms with van der Waals surface area (Å²) in [5.74, 6) is -0.435. The molecular weight excluding hydrogens is 373 g/mol. The molecule has 0 spiro atoms. The van der Waals surface area contributed by atoms with Crippen LogP contribution >= 0.6 is 27.5 Å². The molecule has 0 aliphatic carbocycles. The van der Waals surface area contributed by atoms with E-state index >= 15 is 0 Å². The van der Waals surface area contributed by atoms with Gasteiger partial charge in [0.15, 0.2) is 6.10 Å². The van der Waals surface area contributed by atoms with E-state index in [1.165, 1.54) is 12.1 Å². The van der Waals surface area contributed by atoms with Gasteiger partial charge in [-0.2, -0.15) is 0 Å². The molecule has 0 radical (unpaired) electrons. The number of carbonyl (C=O) groups excluding carboxylic acids is 1. The van der Waals surface area contributed by atoms with Gasteiger partial charge in [-0.25, -0.2) is 4.39 Å². The fourth-order valence-corrected chi connectivity index (χ4v) is 2.34. The summed E-state index contributed by atoms with van der Waals surface area (Å²) in [5, 5.41) is 3.05. The van der Waals surface area contributed by atoms with E-state index in [1.807, 2.05) is 6.92 Å². The Hall–Kier alpha value is -1.59. The fourth-order valence-electron chi connectivity index (χ4n) is 1.83. The molecular formula is C16H14BrClFNO2. The number of halogens is 3. The monoisotopic (exact) mass is 385 g/mol. The third-order valence-electron chi connectivity index (χ3n) is 2.93. The molecule has 0 fully saturated rings. The van der Waals surface area contributed by atoms with Crippen molar-refractivity contribution in [3.05, 3.63) is 57.8 Å². The Kier molecular flexibility index (Phi) is 5.80. The zero-order valence-electron chi connectivity index (χ0n) is 11.8. The fraction of sp³-hybridized carbons (Fsp3) is 0.188. The highest BCUT2D eigenvalue weighted by molar-refractivity contribution is 9.10. The van der Waals surface area contributed by atoms with E-state index in [4.69, 9.17) is 16.3 Å². The normalized spacial score (nSPS) is 11.8. The van der Waals surface area contributed by atoms with Crippen LogP contribution in [-0.2, 0) is 4.79 Å². The van der Waals surface area contributed by atoms with Gasteiger partial charge in [0.25, 0.3) is 5.91 Å². The molecule has 0 heterocycles. The van der Waals surface area contributed by atoms with Crippen LogP contribution in [0.5, 0.6) is 5.75 Å². The van der Waals surface area contributed by atoms with Crippen molar-refractivity contribution in [1.29, 1.82) is 0 Å². The van der Waals surface area contributed by atoms with E-state index in [1.54, 1.807) is 30.3 Å². The lowest BCUT2D eigenvalue weighted by Crippen LogP contribution is -2.32. The molecule has 0 saturated heterocycles. The summed E-state index contributed by atoms with van der Waals surface area (Å²) in [5.41, 5.74) is 0.112. The molecule has 0 aliphatic heterocycles. The zero-order chi connectivity index (χ0) is 16.1. The molecule has 1 unspecified atom stereocenters. The maximum absolute atomic E-state index is 13.8. The smallest absolute Gasteiger partial charge is 0.265 e. The van der Waals surface area contributed by atoms with Gasteiger partial charge in [0.2, 0.25) is 0 Å². The van der Waals surface area contributed by atoms with Gasteiger partial charge in [0, 0.05) is 9.50 Å². The molecule has 3 nitrogen and oxygen atoms in total. The van der Waals surface area contributed by atoms with Crippen molar-refractivity contribution in [3.8, 4) is 5.75 Å². The standard InChI is InChI=1S/C16H14BrClFNO2/c1-2-15(22-12-5-3-4-11(18)9-12)16(21)20-14-7-6-10(17)8-13(14)19/h3-9,15H,2H2,1H3,(H,20,21). The van der Waals surface area contributed by atoms with Crippen molar-refractivity contribution in [3.63, 3.8) is 0 Å². The lowest BCUT2D eigenvalue weighted by atomic mass is 10.2. The largest absolute Gasteiger partial charge is 0.481 e. The van der Waals surface area contributed by atoms with Gasteiger partial charge in [0.1, 0.15) is 11.6 Å². The summed E-state index contributed by atoms with van der Waals surface area (Å²) in [6, 6.07) is 11.2. The van der Waals surface area contributed by atoms with Crippen molar-refractivity contribution in [1.82, 2.24) is 0 Å². The highest BCUT2D eigenvalue weighted by atomic mass is 79.9. The minimum atomic E-state index is -0.735. The van der Waals surface area contributed by atoms with Crippen LogP contribution in [0, 0.1) is 5.82 Å². The van der Waals surface area contributed by atoms with Gasteiger partial charge < -0.3 is 10.1 Å². The quantitative estimate of drug-likeness (QED) is 0.782. The Balaban J connectivity index is 2.08. The number of hydrogen-bond acceptors (Lipinski definition) is 2. The highest BCUT2D eigenvalue weighted by Crippen LogP contribution is 2.22. The molecule has 0 aromatic heterocycles. The molecule has 6 heteroatoms. The molecule has 116 valence electrons. The molecule has 2 aromatic carbocycles. The summed E-state index contributed by atoms with van der Waals surface area (Å²) in [6.07, 6.45) is -0.294. The molecule has 0 saturated carbocycles. The SMILES string of the molecule is CCC(Oc1cccc(Cl)c1)C(=O)Nc1ccc(Br)cc1F. The van der Waals surface area contributed by atoms with Crippen molar-refractivity contribution in [2.75, 3.05) is 5.32 Å². The van der Waals surface area contributed by atoms with Crippen LogP contribution in [0.3, 0.4) is 0 Å². The number of hydrogen-bond donors (Lipinski definition) is 1. The molecule has 0 aliphatic rings. The van der Waals surface area contributed by atoms with Gasteiger partial charge >= 0.3 is 0 Å². The Morgan fingerprint density at radius 3 is 2.77 bits per heavy atom. The number of benzene rings is 2. The number of carbonyl (C=O) groups is 1. The first-order chi connectivity index (χ1) is 10.5. The first-order valence-corrected chi connectivity index (χ1v) is 7.85. The van der Waals surface area contributed by atoms with Crippen LogP contribution in [0.2, 0.25) is 5.02 Å². The van der Waals surface area contributed by atoms with Crippen LogP contribution in [-0.4, -0.2) is 12.0 Å². The topological polar surface area (TPSA) is 38.3 Å². The number of anilines is 1. The third kappa shape index (κ3) is 4.45. The average molecular weight is 387 g/mol. The van der Waals surface area contributed by atoms with Crippen LogP contribution in [0.1, 0.15) is 13.3 Å². The van der Waals surface area contributed by atoms with E-state index < -0.39 is 17.8 Å². The van der Waals surface area contributed by atoms with E-state index in [0.717, 1.165) is 0 Å². The molecule has 2 aromatic rings. The second-order valence-electron chi connectivity index (χ2n) is 4.59. The molecule has 0 bridgehead atoms. The first-order valence-electron chi connectivity index (χ1n) is 6.67. The molecule has 1 amide bonds. The highest BCUT2D eigenvalue weighted by Gasteiger charge is 2.20. The van der Waals surface area contributed by atoms with Crippen molar-refractivity contribution < 1.29 is 13.9 Å². The number of amides is 1. The second kappa shape index (κ2) is 7.61. The Morgan fingerprint density at radius 2 is 2.14 bits per heavy atom. The lowest BCUT2D eigenvalue weighted by Gasteiger charge is -2.17. The maximum Gasteiger partial charge on any atom is 0.265 e. The molecule has 2 rings (SSSR count). The van der Waals surface area contributed by atoms with Crippen molar-refractivity contribution >= 4 is 39.1 Å². The molecule has 22 heavy (non-hydrogen) atoms. The van der Waals surface area contributed by atoms with E-state index in [-0.39, 0.29) is 5.69 Å². The zero-order valence-corrected chi connectivity index (χ0v) is 14.1. The first kappa shape index (κ1) is 16.8. The van der Waals surface area contributed by atoms with Gasteiger partial charge in [0.05, 0.1) is 5.69 Å². The van der Waals surface area contributed by atoms with Gasteiger partial charge in [-0.15, -0.1) is 0 Å². The van der Waals surface area contributed by atoms with Crippen molar-refractivity contribution in [2.24, 2.45) is 0 Å².